The van der Waals surface area contributed by atoms with Crippen LogP contribution in [0.4, 0.5) is 10.5 Å². The van der Waals surface area contributed by atoms with E-state index in [1.54, 1.807) is 25.3 Å². The topological polar surface area (TPSA) is 116 Å². The molecule has 42 heavy (non-hydrogen) atoms. The van der Waals surface area contributed by atoms with Crippen molar-refractivity contribution < 1.29 is 28.5 Å². The smallest absolute Gasteiger partial charge is 0.319 e. The molecule has 3 aliphatic heterocycles. The third kappa shape index (κ3) is 6.64. The van der Waals surface area contributed by atoms with Gasteiger partial charge in [0, 0.05) is 36.6 Å². The van der Waals surface area contributed by atoms with Gasteiger partial charge in [0.2, 0.25) is 5.88 Å². The molecule has 0 saturated carbocycles. The van der Waals surface area contributed by atoms with Crippen molar-refractivity contribution in [3.8, 4) is 23.1 Å². The Morgan fingerprint density at radius 2 is 1.95 bits per heavy atom. The van der Waals surface area contributed by atoms with Gasteiger partial charge in [-0.05, 0) is 50.6 Å². The fourth-order valence-electron chi connectivity index (χ4n) is 5.37. The lowest BCUT2D eigenvalue weighted by atomic mass is 9.77. The Morgan fingerprint density at radius 1 is 1.12 bits per heavy atom. The van der Waals surface area contributed by atoms with Crippen LogP contribution >= 0.6 is 11.6 Å². The Kier molecular flexibility index (Phi) is 8.80. The van der Waals surface area contributed by atoms with Crippen LogP contribution in [0.15, 0.2) is 36.7 Å². The van der Waals surface area contributed by atoms with Crippen molar-refractivity contribution in [2.45, 2.75) is 19.3 Å². The van der Waals surface area contributed by atoms with Crippen molar-refractivity contribution in [1.82, 2.24) is 20.2 Å². The Labute approximate surface area is 249 Å². The lowest BCUT2D eigenvalue weighted by molar-refractivity contribution is -0.139. The number of hydrogen-bond donors (Lipinski definition) is 2. The number of nitrogens with one attached hydrogen (secondary N) is 2. The summed E-state index contributed by atoms with van der Waals surface area (Å²) in [7, 11) is 1.60. The summed E-state index contributed by atoms with van der Waals surface area (Å²) in [6.45, 7) is 7.57. The van der Waals surface area contributed by atoms with Crippen molar-refractivity contribution in [3.05, 3.63) is 41.7 Å². The third-order valence-electron chi connectivity index (χ3n) is 8.16. The maximum atomic E-state index is 12.2. The number of hydrogen-bond acceptors (Lipinski definition) is 9. The second kappa shape index (κ2) is 12.9. The lowest BCUT2D eigenvalue weighted by Crippen LogP contribution is -2.51. The van der Waals surface area contributed by atoms with Gasteiger partial charge in [-0.15, -0.1) is 0 Å². The van der Waals surface area contributed by atoms with Gasteiger partial charge in [-0.2, -0.15) is 0 Å². The summed E-state index contributed by atoms with van der Waals surface area (Å²) in [6.07, 6.45) is 4.81. The highest BCUT2D eigenvalue weighted by Gasteiger charge is 2.40. The number of halogens is 1. The molecule has 3 fully saturated rings. The van der Waals surface area contributed by atoms with Gasteiger partial charge in [0.25, 0.3) is 0 Å². The number of methoxy groups -OCH3 is 1. The van der Waals surface area contributed by atoms with Gasteiger partial charge < -0.3 is 39.2 Å². The SMILES string of the molecule is COc1cc2c(Oc3ccc(NC(=O)NCC4COC4)c(Cl)c3)ncnc2cc1OCCCN1CCC2(CC1)COC2. The molecule has 11 nitrogen and oxygen atoms in total. The molecule has 1 aromatic heterocycles. The van der Waals surface area contributed by atoms with E-state index in [9.17, 15) is 4.79 Å². The largest absolute Gasteiger partial charge is 0.493 e. The second-order valence-corrected chi connectivity index (χ2v) is 11.6. The predicted molar refractivity (Wildman–Crippen MR) is 158 cm³/mol. The number of carbonyl (C=O) groups is 1. The number of piperidine rings is 1. The lowest BCUT2D eigenvalue weighted by Gasteiger charge is -2.47. The van der Waals surface area contributed by atoms with Crippen molar-refractivity contribution >= 4 is 34.2 Å². The van der Waals surface area contributed by atoms with E-state index in [2.05, 4.69) is 25.5 Å². The van der Waals surface area contributed by atoms with Crippen molar-refractivity contribution in [2.24, 2.45) is 11.3 Å². The maximum absolute atomic E-state index is 12.2. The molecular formula is C30H36ClN5O6. The monoisotopic (exact) mass is 597 g/mol. The van der Waals surface area contributed by atoms with Crippen LogP contribution in [-0.4, -0.2) is 87.2 Å². The first-order chi connectivity index (χ1) is 20.5. The maximum Gasteiger partial charge on any atom is 0.319 e. The average Bonchev–Trinajstić information content (AvgIpc) is 2.95. The molecule has 2 amide bonds. The molecule has 4 heterocycles. The second-order valence-electron chi connectivity index (χ2n) is 11.2. The van der Waals surface area contributed by atoms with E-state index in [4.69, 9.17) is 35.3 Å². The van der Waals surface area contributed by atoms with E-state index in [0.29, 0.717) is 82.4 Å². The van der Waals surface area contributed by atoms with Crippen molar-refractivity contribution in [3.63, 3.8) is 0 Å². The van der Waals surface area contributed by atoms with Crippen LogP contribution < -0.4 is 24.8 Å². The zero-order valence-electron chi connectivity index (χ0n) is 23.7. The molecule has 12 heteroatoms. The zero-order valence-corrected chi connectivity index (χ0v) is 24.5. The minimum Gasteiger partial charge on any atom is -0.493 e. The summed E-state index contributed by atoms with van der Waals surface area (Å²) in [5, 5.41) is 6.59. The number of anilines is 1. The highest BCUT2D eigenvalue weighted by atomic mass is 35.5. The number of ether oxygens (including phenoxy) is 5. The standard InChI is InChI=1S/C30H36ClN5O6/c1-38-26-12-22-25(13-27(26)41-10-2-7-36-8-5-30(6-9-36)17-40-18-30)33-19-34-28(22)42-21-3-4-24(23(31)11-21)35-29(37)32-14-20-15-39-16-20/h3-4,11-13,19-20H,2,5-10,14-18H2,1H3,(H2,32,35,37). The summed E-state index contributed by atoms with van der Waals surface area (Å²) in [5.74, 6) is 2.36. The van der Waals surface area contributed by atoms with Crippen LogP contribution in [0.1, 0.15) is 19.3 Å². The van der Waals surface area contributed by atoms with Crippen LogP contribution in [0.5, 0.6) is 23.1 Å². The van der Waals surface area contributed by atoms with Crippen LogP contribution in [0, 0.1) is 11.3 Å². The molecule has 2 aromatic carbocycles. The number of nitrogens with zero attached hydrogens (tertiary/aromatic N) is 3. The third-order valence-corrected chi connectivity index (χ3v) is 8.47. The molecule has 3 aromatic rings. The predicted octanol–water partition coefficient (Wildman–Crippen LogP) is 4.73. The van der Waals surface area contributed by atoms with Crippen molar-refractivity contribution in [2.75, 3.05) is 71.6 Å². The minimum absolute atomic E-state index is 0.326. The Bertz CT molecular complexity index is 1410. The quantitative estimate of drug-likeness (QED) is 0.302. The van der Waals surface area contributed by atoms with Gasteiger partial charge in [0.1, 0.15) is 12.1 Å². The summed E-state index contributed by atoms with van der Waals surface area (Å²) >= 11 is 6.44. The molecule has 1 spiro atoms. The molecule has 0 unspecified atom stereocenters. The minimum atomic E-state index is -0.326. The average molecular weight is 598 g/mol. The van der Waals surface area contributed by atoms with Crippen molar-refractivity contribution in [1.29, 1.82) is 0 Å². The molecule has 0 radical (unpaired) electrons. The van der Waals surface area contributed by atoms with Gasteiger partial charge in [0.05, 0.1) is 61.8 Å². The molecule has 2 N–H and O–H groups in total. The van der Waals surface area contributed by atoms with Gasteiger partial charge in [0.15, 0.2) is 11.5 Å². The Hall–Kier alpha value is -3.38. The fraction of sp³-hybridized carbons (Fsp3) is 0.500. The number of likely N-dealkylation sites (tertiary alicyclic amines) is 1. The molecule has 0 atom stereocenters. The van der Waals surface area contributed by atoms with E-state index < -0.39 is 0 Å². The van der Waals surface area contributed by atoms with E-state index in [1.165, 1.54) is 19.2 Å². The number of carbonyl (C=O) groups excluding carboxylic acids is 1. The molecule has 3 aliphatic rings. The number of amides is 2. The zero-order chi connectivity index (χ0) is 28.9. The normalized spacial score (nSPS) is 18.2. The number of fused-ring (bicyclic) bond motifs is 1. The number of benzene rings is 2. The molecule has 3 saturated heterocycles. The summed E-state index contributed by atoms with van der Waals surface area (Å²) in [6, 6.07) is 8.36. The van der Waals surface area contributed by atoms with Gasteiger partial charge in [-0.1, -0.05) is 11.6 Å². The Balaban J connectivity index is 1.05. The first-order valence-electron chi connectivity index (χ1n) is 14.4. The highest BCUT2D eigenvalue weighted by molar-refractivity contribution is 6.33. The highest BCUT2D eigenvalue weighted by Crippen LogP contribution is 2.39. The summed E-state index contributed by atoms with van der Waals surface area (Å²) in [5.41, 5.74) is 1.59. The fourth-order valence-corrected chi connectivity index (χ4v) is 5.59. The van der Waals surface area contributed by atoms with Gasteiger partial charge in [-0.25, -0.2) is 14.8 Å². The number of aromatic nitrogens is 2. The van der Waals surface area contributed by atoms with Gasteiger partial charge in [-0.3, -0.25) is 0 Å². The van der Waals surface area contributed by atoms with Crippen LogP contribution in [0.2, 0.25) is 5.02 Å². The first kappa shape index (κ1) is 28.7. The van der Waals surface area contributed by atoms with Gasteiger partial charge >= 0.3 is 6.03 Å². The van der Waals surface area contributed by atoms with Crippen LogP contribution in [0.25, 0.3) is 10.9 Å². The summed E-state index contributed by atoms with van der Waals surface area (Å²) < 4.78 is 28.4. The summed E-state index contributed by atoms with van der Waals surface area (Å²) in [4.78, 5) is 23.5. The van der Waals surface area contributed by atoms with Crippen LogP contribution in [0.3, 0.4) is 0 Å². The Morgan fingerprint density at radius 3 is 2.64 bits per heavy atom. The molecule has 224 valence electrons. The first-order valence-corrected chi connectivity index (χ1v) is 14.7. The molecule has 0 bridgehead atoms. The molecule has 0 aliphatic carbocycles. The number of rotatable bonds is 11. The number of urea groups is 1. The van der Waals surface area contributed by atoms with E-state index in [-0.39, 0.29) is 6.03 Å². The van der Waals surface area contributed by atoms with E-state index in [1.807, 2.05) is 12.1 Å². The molecular weight excluding hydrogens is 562 g/mol. The van der Waals surface area contributed by atoms with Crippen LogP contribution in [-0.2, 0) is 9.47 Å². The van der Waals surface area contributed by atoms with E-state index >= 15 is 0 Å². The van der Waals surface area contributed by atoms with E-state index in [0.717, 1.165) is 39.3 Å². The molecule has 6 rings (SSSR count).